The van der Waals surface area contributed by atoms with E-state index < -0.39 is 5.97 Å². The summed E-state index contributed by atoms with van der Waals surface area (Å²) in [6.07, 6.45) is 0. The van der Waals surface area contributed by atoms with Crippen molar-refractivity contribution in [3.05, 3.63) is 64.2 Å². The van der Waals surface area contributed by atoms with E-state index in [0.717, 1.165) is 5.56 Å². The molecule has 0 aliphatic heterocycles. The molecule has 0 fully saturated rings. The van der Waals surface area contributed by atoms with Gasteiger partial charge in [0.05, 0.1) is 16.3 Å². The molecule has 0 atom stereocenters. The first kappa shape index (κ1) is 15.0. The second-order valence-corrected chi connectivity index (χ2v) is 4.76. The monoisotopic (exact) mass is 304 g/mol. The van der Waals surface area contributed by atoms with Crippen LogP contribution in [0.3, 0.4) is 0 Å². The van der Waals surface area contributed by atoms with Gasteiger partial charge in [-0.25, -0.2) is 4.79 Å². The molecule has 0 saturated carbocycles. The molecular formula is C15H13ClN2O3. The number of anilines is 1. The minimum Gasteiger partial charge on any atom is -0.478 e. The Balaban J connectivity index is 2.17. The van der Waals surface area contributed by atoms with Crippen molar-refractivity contribution in [2.45, 2.75) is 6.54 Å². The number of carbonyl (C=O) groups is 2. The molecule has 6 heteroatoms. The molecule has 0 aliphatic rings. The van der Waals surface area contributed by atoms with E-state index in [0.29, 0.717) is 17.8 Å². The maximum Gasteiger partial charge on any atom is 0.335 e. The van der Waals surface area contributed by atoms with E-state index in [2.05, 4.69) is 5.32 Å². The van der Waals surface area contributed by atoms with Gasteiger partial charge < -0.3 is 16.2 Å². The number of hydrogen-bond donors (Lipinski definition) is 3. The van der Waals surface area contributed by atoms with Crippen LogP contribution in [0.25, 0.3) is 0 Å². The van der Waals surface area contributed by atoms with Crippen molar-refractivity contribution in [3.8, 4) is 0 Å². The fourth-order valence-corrected chi connectivity index (χ4v) is 1.96. The third-order valence-corrected chi connectivity index (χ3v) is 3.23. The predicted molar refractivity (Wildman–Crippen MR) is 80.7 cm³/mol. The lowest BCUT2D eigenvalue weighted by atomic mass is 10.1. The highest BCUT2D eigenvalue weighted by Gasteiger charge is 2.11. The van der Waals surface area contributed by atoms with Gasteiger partial charge in [0.2, 0.25) is 0 Å². The molecule has 21 heavy (non-hydrogen) atoms. The van der Waals surface area contributed by atoms with Crippen LogP contribution in [-0.2, 0) is 6.54 Å². The van der Waals surface area contributed by atoms with Gasteiger partial charge in [0.1, 0.15) is 0 Å². The summed E-state index contributed by atoms with van der Waals surface area (Å²) in [7, 11) is 0. The molecule has 0 aromatic heterocycles. The summed E-state index contributed by atoms with van der Waals surface area (Å²) in [5.41, 5.74) is 7.30. The molecule has 1 amide bonds. The van der Waals surface area contributed by atoms with E-state index in [4.69, 9.17) is 22.4 Å². The first-order chi connectivity index (χ1) is 10.0. The molecule has 2 aromatic carbocycles. The number of carboxylic acids is 1. The quantitative estimate of drug-likeness (QED) is 0.809. The second-order valence-electron chi connectivity index (χ2n) is 4.35. The normalized spacial score (nSPS) is 10.2. The lowest BCUT2D eigenvalue weighted by Gasteiger charge is -2.08. The van der Waals surface area contributed by atoms with Crippen LogP contribution in [0.5, 0.6) is 0 Å². The number of rotatable bonds is 4. The number of nitrogens with one attached hydrogen (secondary N) is 1. The highest BCUT2D eigenvalue weighted by molar-refractivity contribution is 6.34. The molecule has 2 aromatic rings. The van der Waals surface area contributed by atoms with Gasteiger partial charge in [-0.1, -0.05) is 23.7 Å². The largest absolute Gasteiger partial charge is 0.478 e. The van der Waals surface area contributed by atoms with Crippen LogP contribution in [0.4, 0.5) is 5.69 Å². The van der Waals surface area contributed by atoms with Gasteiger partial charge in [-0.3, -0.25) is 4.79 Å². The van der Waals surface area contributed by atoms with Crippen molar-refractivity contribution < 1.29 is 14.7 Å². The first-order valence-electron chi connectivity index (χ1n) is 6.14. The average Bonchev–Trinajstić information content (AvgIpc) is 2.49. The first-order valence-corrected chi connectivity index (χ1v) is 6.52. The Kier molecular flexibility index (Phi) is 4.57. The van der Waals surface area contributed by atoms with Crippen molar-refractivity contribution in [2.75, 3.05) is 5.32 Å². The standard InChI is InChI=1S/C15H13ClN2O3/c16-12-7-11(15(20)21)5-6-13(12)18-14(19)10-3-1-9(8-17)2-4-10/h1-7H,8,17H2,(H,18,19)(H,20,21). The van der Waals surface area contributed by atoms with Gasteiger partial charge in [0, 0.05) is 12.1 Å². The van der Waals surface area contributed by atoms with E-state index in [1.54, 1.807) is 24.3 Å². The van der Waals surface area contributed by atoms with Gasteiger partial charge in [0.25, 0.3) is 5.91 Å². The third-order valence-electron chi connectivity index (χ3n) is 2.92. The molecule has 4 N–H and O–H groups in total. The van der Waals surface area contributed by atoms with Crippen molar-refractivity contribution in [3.63, 3.8) is 0 Å². The number of amides is 1. The summed E-state index contributed by atoms with van der Waals surface area (Å²) in [4.78, 5) is 22.9. The zero-order valence-corrected chi connectivity index (χ0v) is 11.7. The average molecular weight is 305 g/mol. The molecule has 0 radical (unpaired) electrons. The summed E-state index contributed by atoms with van der Waals surface area (Å²) in [5, 5.41) is 11.7. The maximum absolute atomic E-state index is 12.1. The lowest BCUT2D eigenvalue weighted by molar-refractivity contribution is 0.0696. The smallest absolute Gasteiger partial charge is 0.335 e. The molecular weight excluding hydrogens is 292 g/mol. The van der Waals surface area contributed by atoms with Crippen LogP contribution < -0.4 is 11.1 Å². The number of nitrogens with two attached hydrogens (primary N) is 1. The minimum absolute atomic E-state index is 0.0605. The zero-order valence-electron chi connectivity index (χ0n) is 11.0. The Bertz CT molecular complexity index is 684. The Hall–Kier alpha value is -2.37. The van der Waals surface area contributed by atoms with E-state index in [1.807, 2.05) is 0 Å². The Morgan fingerprint density at radius 3 is 2.24 bits per heavy atom. The molecule has 0 bridgehead atoms. The predicted octanol–water partition coefficient (Wildman–Crippen LogP) is 2.75. The third kappa shape index (κ3) is 3.59. The highest BCUT2D eigenvalue weighted by atomic mass is 35.5. The van der Waals surface area contributed by atoms with Crippen LogP contribution in [0.2, 0.25) is 5.02 Å². The SMILES string of the molecule is NCc1ccc(C(=O)Nc2ccc(C(=O)O)cc2Cl)cc1. The molecule has 0 spiro atoms. The second kappa shape index (κ2) is 6.39. The van der Waals surface area contributed by atoms with Gasteiger partial charge in [0.15, 0.2) is 0 Å². The van der Waals surface area contributed by atoms with Crippen molar-refractivity contribution >= 4 is 29.2 Å². The Morgan fingerprint density at radius 2 is 1.71 bits per heavy atom. The Morgan fingerprint density at radius 1 is 1.10 bits per heavy atom. The number of hydrogen-bond acceptors (Lipinski definition) is 3. The summed E-state index contributed by atoms with van der Waals surface area (Å²) in [5.74, 6) is -1.41. The van der Waals surface area contributed by atoms with Crippen LogP contribution in [0, 0.1) is 0 Å². The number of aromatic carboxylic acids is 1. The molecule has 5 nitrogen and oxygen atoms in total. The summed E-state index contributed by atoms with van der Waals surface area (Å²) >= 11 is 5.96. The summed E-state index contributed by atoms with van der Waals surface area (Å²) in [6, 6.07) is 11.0. The number of benzene rings is 2. The fourth-order valence-electron chi connectivity index (χ4n) is 1.74. The highest BCUT2D eigenvalue weighted by Crippen LogP contribution is 2.23. The van der Waals surface area contributed by atoms with Crippen molar-refractivity contribution in [2.24, 2.45) is 5.73 Å². The molecule has 0 saturated heterocycles. The van der Waals surface area contributed by atoms with E-state index in [1.165, 1.54) is 18.2 Å². The molecule has 0 unspecified atom stereocenters. The van der Waals surface area contributed by atoms with Gasteiger partial charge in [-0.05, 0) is 35.9 Å². The van der Waals surface area contributed by atoms with Crippen molar-refractivity contribution in [1.82, 2.24) is 0 Å². The van der Waals surface area contributed by atoms with Crippen molar-refractivity contribution in [1.29, 1.82) is 0 Å². The maximum atomic E-state index is 12.1. The number of halogens is 1. The van der Waals surface area contributed by atoms with Gasteiger partial charge in [-0.2, -0.15) is 0 Å². The number of carboxylic acid groups (broad SMARTS) is 1. The lowest BCUT2D eigenvalue weighted by Crippen LogP contribution is -2.12. The van der Waals surface area contributed by atoms with E-state index >= 15 is 0 Å². The summed E-state index contributed by atoms with van der Waals surface area (Å²) < 4.78 is 0. The van der Waals surface area contributed by atoms with Gasteiger partial charge >= 0.3 is 5.97 Å². The molecule has 0 heterocycles. The summed E-state index contributed by atoms with van der Waals surface area (Å²) in [6.45, 7) is 0.407. The van der Waals surface area contributed by atoms with Crippen LogP contribution in [-0.4, -0.2) is 17.0 Å². The van der Waals surface area contributed by atoms with Gasteiger partial charge in [-0.15, -0.1) is 0 Å². The minimum atomic E-state index is -1.08. The van der Waals surface area contributed by atoms with Crippen LogP contribution in [0.15, 0.2) is 42.5 Å². The zero-order chi connectivity index (χ0) is 15.4. The van der Waals surface area contributed by atoms with Crippen LogP contribution in [0.1, 0.15) is 26.3 Å². The number of carbonyl (C=O) groups excluding carboxylic acids is 1. The fraction of sp³-hybridized carbons (Fsp3) is 0.0667. The molecule has 2 rings (SSSR count). The van der Waals surface area contributed by atoms with E-state index in [9.17, 15) is 9.59 Å². The van der Waals surface area contributed by atoms with Crippen LogP contribution >= 0.6 is 11.6 Å². The Labute approximate surface area is 126 Å². The molecule has 0 aliphatic carbocycles. The topological polar surface area (TPSA) is 92.4 Å². The molecule has 108 valence electrons. The van der Waals surface area contributed by atoms with E-state index in [-0.39, 0.29) is 16.5 Å².